The molecule has 0 spiro atoms. The lowest BCUT2D eigenvalue weighted by atomic mass is 10.1. The number of rotatable bonds is 5. The van der Waals surface area contributed by atoms with Crippen molar-refractivity contribution in [3.05, 3.63) is 188 Å². The lowest BCUT2D eigenvalue weighted by molar-refractivity contribution is 0.669. The first-order valence-electron chi connectivity index (χ1n) is 18.8. The van der Waals surface area contributed by atoms with Crippen LogP contribution in [0.15, 0.2) is 192 Å². The van der Waals surface area contributed by atoms with Gasteiger partial charge in [0.05, 0.1) is 27.8 Å². The number of hydrogen-bond acceptors (Lipinski definition) is 3. The molecule has 0 bridgehead atoms. The minimum Gasteiger partial charge on any atom is -0.456 e. The fourth-order valence-electron chi connectivity index (χ4n) is 8.67. The lowest BCUT2D eigenvalue weighted by Crippen LogP contribution is -2.00. The summed E-state index contributed by atoms with van der Waals surface area (Å²) in [5.41, 5.74) is 11.4. The van der Waals surface area contributed by atoms with Crippen LogP contribution in [0.25, 0.3) is 105 Å². The van der Waals surface area contributed by atoms with E-state index in [1.54, 1.807) is 0 Å². The van der Waals surface area contributed by atoms with Crippen molar-refractivity contribution in [2.45, 2.75) is 0 Å². The van der Waals surface area contributed by atoms with Crippen molar-refractivity contribution in [2.75, 3.05) is 0 Å². The van der Waals surface area contributed by atoms with Gasteiger partial charge >= 0.3 is 0 Å². The van der Waals surface area contributed by atoms with Crippen molar-refractivity contribution < 1.29 is 4.42 Å². The Morgan fingerprint density at radius 1 is 0.375 bits per heavy atom. The molecule has 0 saturated heterocycles. The molecule has 8 aromatic carbocycles. The van der Waals surface area contributed by atoms with Gasteiger partial charge in [0.2, 0.25) is 0 Å². The van der Waals surface area contributed by atoms with Crippen LogP contribution < -0.4 is 0 Å². The van der Waals surface area contributed by atoms with Crippen LogP contribution in [0.5, 0.6) is 0 Å². The van der Waals surface area contributed by atoms with Gasteiger partial charge in [-0.25, -0.2) is 9.67 Å². The van der Waals surface area contributed by atoms with Gasteiger partial charge in [0.25, 0.3) is 0 Å². The minimum absolute atomic E-state index is 0.685. The molecule has 0 amide bonds. The Hall–Kier alpha value is -7.70. The van der Waals surface area contributed by atoms with Crippen molar-refractivity contribution in [3.63, 3.8) is 0 Å². The molecule has 0 saturated carbocycles. The smallest absolute Gasteiger partial charge is 0.182 e. The summed E-state index contributed by atoms with van der Waals surface area (Å²) in [7, 11) is 0. The first-order chi connectivity index (χ1) is 27.8. The molecule has 0 atom stereocenters. The van der Waals surface area contributed by atoms with Crippen molar-refractivity contribution in [2.24, 2.45) is 0 Å². The molecule has 0 aliphatic carbocycles. The van der Waals surface area contributed by atoms with Gasteiger partial charge in [-0.05, 0) is 66.7 Å². The average molecular weight is 718 g/mol. The summed E-state index contributed by atoms with van der Waals surface area (Å²) in [6.45, 7) is 0. The molecule has 0 aliphatic heterocycles. The van der Waals surface area contributed by atoms with Gasteiger partial charge < -0.3 is 13.6 Å². The summed E-state index contributed by atoms with van der Waals surface area (Å²) >= 11 is 0. The van der Waals surface area contributed by atoms with Crippen molar-refractivity contribution >= 4 is 65.6 Å². The van der Waals surface area contributed by atoms with E-state index < -0.39 is 0 Å². The number of aromatic nitrogens is 5. The Kier molecular flexibility index (Phi) is 6.53. The van der Waals surface area contributed by atoms with Gasteiger partial charge in [-0.3, -0.25) is 0 Å². The standard InChI is InChI=1S/C50H31N5O/c1-3-14-32(15-4-1)49-51-50(55(52-49)34-16-5-2-6-17-34)33-26-27-38-37-20-7-10-23-41(37)54(44(38)30-33)36-19-13-18-35(31-36)53-42-24-11-8-21-39(42)47-43(53)28-29-46-48(47)40-22-9-12-25-45(40)56-46/h1-31H. The molecule has 56 heavy (non-hydrogen) atoms. The number of benzene rings is 8. The first-order valence-corrected chi connectivity index (χ1v) is 18.8. The van der Waals surface area contributed by atoms with Gasteiger partial charge in [0.1, 0.15) is 11.2 Å². The highest BCUT2D eigenvalue weighted by Crippen LogP contribution is 2.42. The molecule has 0 fully saturated rings. The number of hydrogen-bond donors (Lipinski definition) is 0. The zero-order valence-electron chi connectivity index (χ0n) is 30.0. The Morgan fingerprint density at radius 2 is 1.00 bits per heavy atom. The van der Waals surface area contributed by atoms with Crippen molar-refractivity contribution in [3.8, 4) is 39.8 Å². The molecule has 4 aromatic heterocycles. The maximum absolute atomic E-state index is 6.35. The fraction of sp³-hybridized carbons (Fsp3) is 0. The quantitative estimate of drug-likeness (QED) is 0.178. The topological polar surface area (TPSA) is 53.7 Å². The molecular formula is C50H31N5O. The van der Waals surface area contributed by atoms with E-state index in [1.807, 2.05) is 47.1 Å². The largest absolute Gasteiger partial charge is 0.456 e. The molecule has 4 heterocycles. The van der Waals surface area contributed by atoms with E-state index in [-0.39, 0.29) is 0 Å². The normalized spacial score (nSPS) is 11.9. The Bertz CT molecular complexity index is 3480. The molecule has 0 aliphatic rings. The van der Waals surface area contributed by atoms with Crippen LogP contribution in [-0.2, 0) is 0 Å². The van der Waals surface area contributed by atoms with Gasteiger partial charge in [-0.2, -0.15) is 0 Å². The summed E-state index contributed by atoms with van der Waals surface area (Å²) < 4.78 is 13.1. The molecule has 0 radical (unpaired) electrons. The second kappa shape index (κ2) is 11.9. The Morgan fingerprint density at radius 3 is 1.80 bits per heavy atom. The van der Waals surface area contributed by atoms with Crippen LogP contribution in [0.4, 0.5) is 0 Å². The zero-order valence-corrected chi connectivity index (χ0v) is 30.0. The molecule has 12 aromatic rings. The van der Waals surface area contributed by atoms with Gasteiger partial charge in [0.15, 0.2) is 11.6 Å². The highest BCUT2D eigenvalue weighted by Gasteiger charge is 2.21. The van der Waals surface area contributed by atoms with E-state index in [0.29, 0.717) is 5.82 Å². The van der Waals surface area contributed by atoms with E-state index in [0.717, 1.165) is 78.0 Å². The van der Waals surface area contributed by atoms with E-state index in [4.69, 9.17) is 14.5 Å². The van der Waals surface area contributed by atoms with Crippen LogP contribution in [0.1, 0.15) is 0 Å². The van der Waals surface area contributed by atoms with E-state index >= 15 is 0 Å². The lowest BCUT2D eigenvalue weighted by Gasteiger charge is -2.13. The number of para-hydroxylation sites is 4. The molecular weight excluding hydrogens is 687 g/mol. The third-order valence-electron chi connectivity index (χ3n) is 11.1. The highest BCUT2D eigenvalue weighted by atomic mass is 16.3. The van der Waals surface area contributed by atoms with Crippen LogP contribution in [0, 0.1) is 0 Å². The summed E-state index contributed by atoms with van der Waals surface area (Å²) in [5, 5.41) is 12.1. The highest BCUT2D eigenvalue weighted by molar-refractivity contribution is 6.27. The maximum atomic E-state index is 6.35. The van der Waals surface area contributed by atoms with Crippen LogP contribution >= 0.6 is 0 Å². The summed E-state index contributed by atoms with van der Waals surface area (Å²) in [5.74, 6) is 1.47. The Balaban J connectivity index is 1.09. The third kappa shape index (κ3) is 4.50. The second-order valence-electron chi connectivity index (χ2n) is 14.3. The van der Waals surface area contributed by atoms with Gasteiger partial charge in [0, 0.05) is 54.8 Å². The number of fused-ring (bicyclic) bond motifs is 10. The summed E-state index contributed by atoms with van der Waals surface area (Å²) in [4.78, 5) is 5.17. The van der Waals surface area contributed by atoms with Crippen molar-refractivity contribution in [1.29, 1.82) is 0 Å². The maximum Gasteiger partial charge on any atom is 0.182 e. The molecule has 262 valence electrons. The molecule has 0 unspecified atom stereocenters. The molecule has 12 rings (SSSR count). The van der Waals surface area contributed by atoms with Crippen LogP contribution in [0.3, 0.4) is 0 Å². The van der Waals surface area contributed by atoms with Gasteiger partial charge in [-0.15, -0.1) is 5.10 Å². The summed E-state index contributed by atoms with van der Waals surface area (Å²) in [6, 6.07) is 66.0. The average Bonchev–Trinajstić information content (AvgIpc) is 4.03. The van der Waals surface area contributed by atoms with Crippen molar-refractivity contribution in [1.82, 2.24) is 23.9 Å². The SMILES string of the molecule is c1ccc(-c2nc(-c3ccc4c5ccccc5n(-c5cccc(-n6c7ccccc7c7c8c(ccc76)oc6ccccc68)c5)c4c3)n(-c3ccccc3)n2)cc1. The molecule has 0 N–H and O–H groups in total. The number of furan rings is 1. The number of nitrogens with zero attached hydrogens (tertiary/aromatic N) is 5. The fourth-order valence-corrected chi connectivity index (χ4v) is 8.67. The van der Waals surface area contributed by atoms with Crippen LogP contribution in [-0.4, -0.2) is 23.9 Å². The molecule has 6 nitrogen and oxygen atoms in total. The monoisotopic (exact) mass is 717 g/mol. The van der Waals surface area contributed by atoms with E-state index in [2.05, 4.69) is 155 Å². The van der Waals surface area contributed by atoms with E-state index in [9.17, 15) is 0 Å². The predicted molar refractivity (Wildman–Crippen MR) is 228 cm³/mol. The third-order valence-corrected chi connectivity index (χ3v) is 11.1. The zero-order chi connectivity index (χ0) is 36.7. The first kappa shape index (κ1) is 30.7. The van der Waals surface area contributed by atoms with Crippen LogP contribution in [0.2, 0.25) is 0 Å². The predicted octanol–water partition coefficient (Wildman–Crippen LogP) is 12.7. The minimum atomic E-state index is 0.685. The van der Waals surface area contributed by atoms with Gasteiger partial charge in [-0.1, -0.05) is 121 Å². The second-order valence-corrected chi connectivity index (χ2v) is 14.3. The van der Waals surface area contributed by atoms with E-state index in [1.165, 1.54) is 21.5 Å². The Labute approximate surface area is 320 Å². The molecule has 6 heteroatoms. The summed E-state index contributed by atoms with van der Waals surface area (Å²) in [6.07, 6.45) is 0.